The van der Waals surface area contributed by atoms with Crippen LogP contribution >= 0.6 is 0 Å². The topological polar surface area (TPSA) is 60.2 Å². The third kappa shape index (κ3) is 3.38. The third-order valence-corrected chi connectivity index (χ3v) is 4.20. The summed E-state index contributed by atoms with van der Waals surface area (Å²) < 4.78 is 7.69. The summed E-state index contributed by atoms with van der Waals surface area (Å²) in [6, 6.07) is 15.5. The Morgan fingerprint density at radius 2 is 2.00 bits per heavy atom. The minimum atomic E-state index is -0.00713. The third-order valence-electron chi connectivity index (χ3n) is 4.20. The highest BCUT2D eigenvalue weighted by atomic mass is 16.5. The molecule has 0 unspecified atom stereocenters. The quantitative estimate of drug-likeness (QED) is 0.735. The molecular formula is C19H18N4O2. The van der Waals surface area contributed by atoms with E-state index in [1.165, 1.54) is 0 Å². The van der Waals surface area contributed by atoms with Crippen molar-refractivity contribution in [2.45, 2.75) is 19.7 Å². The number of pyridine rings is 1. The first kappa shape index (κ1) is 15.4. The number of nitrogens with zero attached hydrogens (tertiary/aromatic N) is 4. The number of fused-ring (bicyclic) bond motifs is 1. The summed E-state index contributed by atoms with van der Waals surface area (Å²) in [6.45, 7) is 2.29. The Hall–Kier alpha value is -3.15. The maximum Gasteiger partial charge on any atom is 0.255 e. The number of benzene rings is 1. The van der Waals surface area contributed by atoms with Gasteiger partial charge in [-0.2, -0.15) is 0 Å². The lowest BCUT2D eigenvalue weighted by molar-refractivity contribution is 0.0705. The second-order valence-corrected chi connectivity index (χ2v) is 5.94. The molecule has 0 N–H and O–H groups in total. The summed E-state index contributed by atoms with van der Waals surface area (Å²) in [6.07, 6.45) is 3.26. The number of amides is 1. The molecule has 0 bridgehead atoms. The molecule has 0 spiro atoms. The fraction of sp³-hybridized carbons (Fsp3) is 0.211. The van der Waals surface area contributed by atoms with E-state index in [9.17, 15) is 4.79 Å². The van der Waals surface area contributed by atoms with Gasteiger partial charge in [0.2, 0.25) is 5.88 Å². The van der Waals surface area contributed by atoms with Crippen molar-refractivity contribution in [1.29, 1.82) is 0 Å². The van der Waals surface area contributed by atoms with E-state index < -0.39 is 0 Å². The van der Waals surface area contributed by atoms with Crippen molar-refractivity contribution in [2.75, 3.05) is 6.54 Å². The molecule has 0 saturated heterocycles. The van der Waals surface area contributed by atoms with E-state index in [4.69, 9.17) is 4.74 Å². The standard InChI is InChI=1S/C19H18N4O2/c24-19(16-7-4-8-20-12-16)22-9-10-23-17(13-22)11-18(21-23)25-14-15-5-2-1-3-6-15/h1-8,11-12H,9-10,13-14H2. The predicted octanol–water partition coefficient (Wildman–Crippen LogP) is 2.51. The highest BCUT2D eigenvalue weighted by molar-refractivity contribution is 5.93. The molecule has 25 heavy (non-hydrogen) atoms. The zero-order valence-corrected chi connectivity index (χ0v) is 13.7. The van der Waals surface area contributed by atoms with E-state index in [1.807, 2.05) is 46.0 Å². The first-order chi connectivity index (χ1) is 12.3. The number of carbonyl (C=O) groups excluding carboxylic acids is 1. The average Bonchev–Trinajstić information content (AvgIpc) is 3.09. The van der Waals surface area contributed by atoms with E-state index in [2.05, 4.69) is 10.1 Å². The van der Waals surface area contributed by atoms with E-state index in [0.717, 1.165) is 11.3 Å². The molecule has 1 aliphatic heterocycles. The summed E-state index contributed by atoms with van der Waals surface area (Å²) >= 11 is 0. The first-order valence-corrected chi connectivity index (χ1v) is 8.22. The fourth-order valence-corrected chi connectivity index (χ4v) is 2.89. The van der Waals surface area contributed by atoms with E-state index in [1.54, 1.807) is 24.5 Å². The van der Waals surface area contributed by atoms with Gasteiger partial charge in [-0.3, -0.25) is 14.5 Å². The zero-order chi connectivity index (χ0) is 17.1. The molecule has 1 aliphatic rings. The number of hydrogen-bond acceptors (Lipinski definition) is 4. The first-order valence-electron chi connectivity index (χ1n) is 8.22. The molecule has 0 atom stereocenters. The van der Waals surface area contributed by atoms with Gasteiger partial charge in [0.1, 0.15) is 6.61 Å². The van der Waals surface area contributed by atoms with E-state index in [-0.39, 0.29) is 5.91 Å². The number of aromatic nitrogens is 3. The monoisotopic (exact) mass is 334 g/mol. The maximum absolute atomic E-state index is 12.6. The highest BCUT2D eigenvalue weighted by Crippen LogP contribution is 2.20. The molecule has 4 rings (SSSR count). The second kappa shape index (κ2) is 6.76. The Morgan fingerprint density at radius 1 is 1.12 bits per heavy atom. The van der Waals surface area contributed by atoms with Crippen LogP contribution < -0.4 is 4.74 Å². The maximum atomic E-state index is 12.6. The Balaban J connectivity index is 1.43. The Kier molecular flexibility index (Phi) is 4.16. The molecule has 2 aromatic heterocycles. The Morgan fingerprint density at radius 3 is 2.80 bits per heavy atom. The lowest BCUT2D eigenvalue weighted by Gasteiger charge is -2.27. The fourth-order valence-electron chi connectivity index (χ4n) is 2.89. The van der Waals surface area contributed by atoms with Crippen molar-refractivity contribution in [3.05, 3.63) is 77.7 Å². The predicted molar refractivity (Wildman–Crippen MR) is 92.0 cm³/mol. The van der Waals surface area contributed by atoms with Crippen LogP contribution in [0.25, 0.3) is 0 Å². The van der Waals surface area contributed by atoms with Gasteiger partial charge in [-0.15, -0.1) is 5.10 Å². The number of hydrogen-bond donors (Lipinski definition) is 0. The number of rotatable bonds is 4. The van der Waals surface area contributed by atoms with Gasteiger partial charge in [0.05, 0.1) is 24.3 Å². The lowest BCUT2D eigenvalue weighted by atomic mass is 10.2. The van der Waals surface area contributed by atoms with Crippen LogP contribution in [0.2, 0.25) is 0 Å². The number of ether oxygens (including phenoxy) is 1. The lowest BCUT2D eigenvalue weighted by Crippen LogP contribution is -2.38. The smallest absolute Gasteiger partial charge is 0.255 e. The van der Waals surface area contributed by atoms with Crippen molar-refractivity contribution in [3.8, 4) is 5.88 Å². The van der Waals surface area contributed by atoms with Crippen LogP contribution in [-0.4, -0.2) is 32.1 Å². The summed E-state index contributed by atoms with van der Waals surface area (Å²) in [7, 11) is 0. The number of carbonyl (C=O) groups is 1. The van der Waals surface area contributed by atoms with Crippen molar-refractivity contribution in [1.82, 2.24) is 19.7 Å². The molecular weight excluding hydrogens is 316 g/mol. The molecule has 0 aliphatic carbocycles. The van der Waals surface area contributed by atoms with Crippen LogP contribution in [-0.2, 0) is 19.7 Å². The summed E-state index contributed by atoms with van der Waals surface area (Å²) in [5.74, 6) is 0.585. The van der Waals surface area contributed by atoms with E-state index >= 15 is 0 Å². The molecule has 126 valence electrons. The SMILES string of the molecule is O=C(c1cccnc1)N1CCn2nc(OCc3ccccc3)cc2C1. The van der Waals surface area contributed by atoms with Gasteiger partial charge in [-0.25, -0.2) is 0 Å². The van der Waals surface area contributed by atoms with Gasteiger partial charge in [0.15, 0.2) is 0 Å². The van der Waals surface area contributed by atoms with Crippen molar-refractivity contribution >= 4 is 5.91 Å². The largest absolute Gasteiger partial charge is 0.472 e. The minimum absolute atomic E-state index is 0.00713. The summed E-state index contributed by atoms with van der Waals surface area (Å²) in [5.41, 5.74) is 2.68. The van der Waals surface area contributed by atoms with Crippen LogP contribution in [0.4, 0.5) is 0 Å². The molecule has 6 nitrogen and oxygen atoms in total. The van der Waals surface area contributed by atoms with Crippen LogP contribution in [0.1, 0.15) is 21.6 Å². The van der Waals surface area contributed by atoms with Gasteiger partial charge in [0.25, 0.3) is 5.91 Å². The van der Waals surface area contributed by atoms with Crippen LogP contribution in [0.5, 0.6) is 5.88 Å². The highest BCUT2D eigenvalue weighted by Gasteiger charge is 2.23. The zero-order valence-electron chi connectivity index (χ0n) is 13.7. The summed E-state index contributed by atoms with van der Waals surface area (Å²) in [4.78, 5) is 18.4. The van der Waals surface area contributed by atoms with Gasteiger partial charge in [-0.05, 0) is 17.7 Å². The van der Waals surface area contributed by atoms with Crippen LogP contribution in [0.3, 0.4) is 0 Å². The molecule has 1 aromatic carbocycles. The van der Waals surface area contributed by atoms with Gasteiger partial charge >= 0.3 is 0 Å². The molecule has 3 heterocycles. The molecule has 0 saturated carbocycles. The molecule has 0 fully saturated rings. The van der Waals surface area contributed by atoms with Gasteiger partial charge in [-0.1, -0.05) is 30.3 Å². The normalized spacial score (nSPS) is 13.4. The Labute approximate surface area is 145 Å². The Bertz CT molecular complexity index is 862. The molecule has 0 radical (unpaired) electrons. The average molecular weight is 334 g/mol. The van der Waals surface area contributed by atoms with Gasteiger partial charge in [0, 0.05) is 25.0 Å². The van der Waals surface area contributed by atoms with Gasteiger partial charge < -0.3 is 9.64 Å². The van der Waals surface area contributed by atoms with Crippen molar-refractivity contribution in [3.63, 3.8) is 0 Å². The molecule has 3 aromatic rings. The summed E-state index contributed by atoms with van der Waals surface area (Å²) in [5, 5.41) is 4.48. The second-order valence-electron chi connectivity index (χ2n) is 5.94. The van der Waals surface area contributed by atoms with Crippen LogP contribution in [0, 0.1) is 0 Å². The van der Waals surface area contributed by atoms with Crippen molar-refractivity contribution in [2.24, 2.45) is 0 Å². The van der Waals surface area contributed by atoms with E-state index in [0.29, 0.717) is 37.7 Å². The minimum Gasteiger partial charge on any atom is -0.472 e. The molecule has 6 heteroatoms. The van der Waals surface area contributed by atoms with Crippen LogP contribution in [0.15, 0.2) is 60.9 Å². The molecule has 1 amide bonds. The van der Waals surface area contributed by atoms with Crippen molar-refractivity contribution < 1.29 is 9.53 Å².